The minimum Gasteiger partial charge on any atom is -0.353 e. The normalized spacial score (nSPS) is 10.3. The lowest BCUT2D eigenvalue weighted by Gasteiger charge is -2.21. The molecule has 0 aromatic carbocycles. The summed E-state index contributed by atoms with van der Waals surface area (Å²) < 4.78 is 0. The van der Waals surface area contributed by atoms with Gasteiger partial charge in [0.25, 0.3) is 0 Å². The molecule has 0 spiro atoms. The van der Waals surface area contributed by atoms with Crippen LogP contribution < -0.4 is 16.2 Å². The van der Waals surface area contributed by atoms with E-state index in [0.29, 0.717) is 12.4 Å². The topological polar surface area (TPSA) is 80.0 Å². The van der Waals surface area contributed by atoms with Gasteiger partial charge in [0.2, 0.25) is 0 Å². The second-order valence-electron chi connectivity index (χ2n) is 4.20. The molecule has 2 aromatic rings. The molecular formula is C13H18N6. The lowest BCUT2D eigenvalue weighted by atomic mass is 10.2. The highest BCUT2D eigenvalue weighted by molar-refractivity contribution is 5.57. The minimum atomic E-state index is 0.667. The number of nitrogens with zero attached hydrogens (tertiary/aromatic N) is 4. The third-order valence-corrected chi connectivity index (χ3v) is 2.90. The van der Waals surface area contributed by atoms with E-state index < -0.39 is 0 Å². The number of aromatic nitrogens is 3. The SMILES string of the molecule is CCc1c(NN)ncnc1N(C)Cc1ccccn1. The Morgan fingerprint density at radius 1 is 1.26 bits per heavy atom. The highest BCUT2D eigenvalue weighted by atomic mass is 15.3. The Bertz CT molecular complexity index is 528. The molecule has 0 radical (unpaired) electrons. The molecule has 6 heteroatoms. The van der Waals surface area contributed by atoms with Crippen molar-refractivity contribution < 1.29 is 0 Å². The molecule has 0 atom stereocenters. The van der Waals surface area contributed by atoms with Crippen LogP contribution in [0.4, 0.5) is 11.6 Å². The van der Waals surface area contributed by atoms with Crippen molar-refractivity contribution in [2.45, 2.75) is 19.9 Å². The van der Waals surface area contributed by atoms with Crippen LogP contribution in [0.3, 0.4) is 0 Å². The molecule has 0 unspecified atom stereocenters. The predicted molar refractivity (Wildman–Crippen MR) is 75.6 cm³/mol. The van der Waals surface area contributed by atoms with Gasteiger partial charge in [-0.1, -0.05) is 13.0 Å². The molecule has 19 heavy (non-hydrogen) atoms. The van der Waals surface area contributed by atoms with E-state index >= 15 is 0 Å². The van der Waals surface area contributed by atoms with E-state index in [1.54, 1.807) is 6.20 Å². The van der Waals surface area contributed by atoms with Gasteiger partial charge < -0.3 is 10.3 Å². The van der Waals surface area contributed by atoms with Crippen molar-refractivity contribution in [3.63, 3.8) is 0 Å². The number of hydrogen-bond acceptors (Lipinski definition) is 6. The van der Waals surface area contributed by atoms with Crippen LogP contribution >= 0.6 is 0 Å². The van der Waals surface area contributed by atoms with Crippen molar-refractivity contribution in [1.29, 1.82) is 0 Å². The monoisotopic (exact) mass is 258 g/mol. The van der Waals surface area contributed by atoms with E-state index in [1.807, 2.05) is 30.1 Å². The number of nitrogen functional groups attached to an aromatic ring is 1. The summed E-state index contributed by atoms with van der Waals surface area (Å²) in [6.07, 6.45) is 4.11. The fraction of sp³-hybridized carbons (Fsp3) is 0.308. The van der Waals surface area contributed by atoms with Crippen molar-refractivity contribution >= 4 is 11.6 Å². The fourth-order valence-electron chi connectivity index (χ4n) is 1.99. The predicted octanol–water partition coefficient (Wildman–Crippen LogP) is 1.36. The maximum Gasteiger partial charge on any atom is 0.148 e. The van der Waals surface area contributed by atoms with Gasteiger partial charge in [0.05, 0.1) is 12.2 Å². The molecule has 0 aliphatic rings. The molecule has 0 saturated carbocycles. The summed E-state index contributed by atoms with van der Waals surface area (Å²) in [7, 11) is 1.98. The third-order valence-electron chi connectivity index (χ3n) is 2.90. The van der Waals surface area contributed by atoms with E-state index in [-0.39, 0.29) is 0 Å². The Kier molecular flexibility index (Phi) is 4.25. The first kappa shape index (κ1) is 13.2. The summed E-state index contributed by atoms with van der Waals surface area (Å²) in [4.78, 5) is 14.8. The first-order valence-electron chi connectivity index (χ1n) is 6.17. The number of hydrogen-bond donors (Lipinski definition) is 2. The Morgan fingerprint density at radius 3 is 2.74 bits per heavy atom. The highest BCUT2D eigenvalue weighted by Gasteiger charge is 2.13. The Labute approximate surface area is 112 Å². The van der Waals surface area contributed by atoms with Crippen LogP contribution in [0.1, 0.15) is 18.2 Å². The highest BCUT2D eigenvalue weighted by Crippen LogP contribution is 2.23. The molecular weight excluding hydrogens is 240 g/mol. The summed E-state index contributed by atoms with van der Waals surface area (Å²) in [5.74, 6) is 7.02. The van der Waals surface area contributed by atoms with Crippen LogP contribution in [-0.2, 0) is 13.0 Å². The van der Waals surface area contributed by atoms with Gasteiger partial charge in [-0.25, -0.2) is 15.8 Å². The van der Waals surface area contributed by atoms with Gasteiger partial charge >= 0.3 is 0 Å². The molecule has 0 bridgehead atoms. The minimum absolute atomic E-state index is 0.667. The Morgan fingerprint density at radius 2 is 2.11 bits per heavy atom. The zero-order valence-corrected chi connectivity index (χ0v) is 11.2. The van der Waals surface area contributed by atoms with Gasteiger partial charge in [-0.3, -0.25) is 4.98 Å². The second-order valence-corrected chi connectivity index (χ2v) is 4.20. The molecule has 2 heterocycles. The molecule has 0 fully saturated rings. The van der Waals surface area contributed by atoms with E-state index in [4.69, 9.17) is 5.84 Å². The van der Waals surface area contributed by atoms with Gasteiger partial charge in [0.1, 0.15) is 18.0 Å². The lowest BCUT2D eigenvalue weighted by Crippen LogP contribution is -2.22. The average Bonchev–Trinajstić information content (AvgIpc) is 2.47. The van der Waals surface area contributed by atoms with Gasteiger partial charge in [-0.05, 0) is 18.6 Å². The Balaban J connectivity index is 2.26. The van der Waals surface area contributed by atoms with Crippen LogP contribution in [0.25, 0.3) is 0 Å². The van der Waals surface area contributed by atoms with Crippen molar-refractivity contribution in [2.75, 3.05) is 17.4 Å². The number of anilines is 2. The zero-order valence-electron chi connectivity index (χ0n) is 11.2. The van der Waals surface area contributed by atoms with Crippen molar-refractivity contribution in [2.24, 2.45) is 5.84 Å². The average molecular weight is 258 g/mol. The second kappa shape index (κ2) is 6.10. The first-order chi connectivity index (χ1) is 9.26. The molecule has 0 aliphatic heterocycles. The summed E-state index contributed by atoms with van der Waals surface area (Å²) in [6, 6.07) is 5.87. The number of nitrogens with one attached hydrogen (secondary N) is 1. The number of rotatable bonds is 5. The van der Waals surface area contributed by atoms with Gasteiger partial charge in [0, 0.05) is 18.8 Å². The number of hydrazine groups is 1. The summed E-state index contributed by atoms with van der Waals surface area (Å²) in [5, 5.41) is 0. The first-order valence-corrected chi connectivity index (χ1v) is 6.17. The van der Waals surface area contributed by atoms with Gasteiger partial charge in [-0.2, -0.15) is 0 Å². The van der Waals surface area contributed by atoms with Crippen LogP contribution in [0.5, 0.6) is 0 Å². The van der Waals surface area contributed by atoms with E-state index in [2.05, 4.69) is 27.3 Å². The number of nitrogens with two attached hydrogens (primary N) is 1. The van der Waals surface area contributed by atoms with E-state index in [1.165, 1.54) is 6.33 Å². The standard InChI is InChI=1S/C13H18N6/c1-3-11-12(18-14)16-9-17-13(11)19(2)8-10-6-4-5-7-15-10/h4-7,9H,3,8,14H2,1-2H3,(H,16,17,18). The van der Waals surface area contributed by atoms with Crippen molar-refractivity contribution in [1.82, 2.24) is 15.0 Å². The quantitative estimate of drug-likeness (QED) is 0.622. The third kappa shape index (κ3) is 2.97. The number of pyridine rings is 1. The molecule has 6 nitrogen and oxygen atoms in total. The van der Waals surface area contributed by atoms with E-state index in [9.17, 15) is 0 Å². The fourth-order valence-corrected chi connectivity index (χ4v) is 1.99. The molecule has 0 amide bonds. The van der Waals surface area contributed by atoms with Gasteiger partial charge in [-0.15, -0.1) is 0 Å². The molecule has 2 aromatic heterocycles. The maximum atomic E-state index is 5.48. The smallest absolute Gasteiger partial charge is 0.148 e. The largest absolute Gasteiger partial charge is 0.353 e. The van der Waals surface area contributed by atoms with Crippen molar-refractivity contribution in [3.8, 4) is 0 Å². The van der Waals surface area contributed by atoms with Crippen LogP contribution in [-0.4, -0.2) is 22.0 Å². The molecule has 3 N–H and O–H groups in total. The van der Waals surface area contributed by atoms with Crippen molar-refractivity contribution in [3.05, 3.63) is 42.0 Å². The maximum absolute atomic E-state index is 5.48. The summed E-state index contributed by atoms with van der Waals surface area (Å²) in [5.41, 5.74) is 4.61. The molecule has 0 aliphatic carbocycles. The summed E-state index contributed by atoms with van der Waals surface area (Å²) in [6.45, 7) is 2.74. The zero-order chi connectivity index (χ0) is 13.7. The lowest BCUT2D eigenvalue weighted by molar-refractivity contribution is 0.846. The van der Waals surface area contributed by atoms with Gasteiger partial charge in [0.15, 0.2) is 0 Å². The molecule has 0 saturated heterocycles. The van der Waals surface area contributed by atoms with E-state index in [0.717, 1.165) is 23.5 Å². The molecule has 100 valence electrons. The Hall–Kier alpha value is -2.21. The summed E-state index contributed by atoms with van der Waals surface area (Å²) >= 11 is 0. The van der Waals surface area contributed by atoms with Crippen LogP contribution in [0.15, 0.2) is 30.7 Å². The molecule has 2 rings (SSSR count). The van der Waals surface area contributed by atoms with Crippen LogP contribution in [0.2, 0.25) is 0 Å². The van der Waals surface area contributed by atoms with Crippen LogP contribution in [0, 0.1) is 0 Å².